The van der Waals surface area contributed by atoms with Crippen molar-refractivity contribution in [3.8, 4) is 5.75 Å². The third-order valence-electron chi connectivity index (χ3n) is 2.82. The fourth-order valence-corrected chi connectivity index (χ4v) is 1.63. The van der Waals surface area contributed by atoms with Gasteiger partial charge in [-0.1, -0.05) is 20.8 Å². The standard InChI is InChI=1S/C15H21NO4/c1-15(2,3)8-7-13(17)16-11-6-5-10(14(18)19)9-12(11)20-4/h5-6,9H,7-8H2,1-4H3,(H,16,17)(H,18,19). The van der Waals surface area contributed by atoms with Crippen molar-refractivity contribution in [1.82, 2.24) is 0 Å². The molecule has 0 fully saturated rings. The van der Waals surface area contributed by atoms with Crippen molar-refractivity contribution in [3.05, 3.63) is 23.8 Å². The van der Waals surface area contributed by atoms with Crippen LogP contribution in [0.25, 0.3) is 0 Å². The van der Waals surface area contributed by atoms with Crippen LogP contribution in [0.1, 0.15) is 44.0 Å². The van der Waals surface area contributed by atoms with Crippen molar-refractivity contribution < 1.29 is 19.4 Å². The molecule has 2 N–H and O–H groups in total. The van der Waals surface area contributed by atoms with Gasteiger partial charge in [0.15, 0.2) is 0 Å². The molecule has 0 radical (unpaired) electrons. The molecule has 1 aromatic carbocycles. The average molecular weight is 279 g/mol. The van der Waals surface area contributed by atoms with Crippen LogP contribution in [0.4, 0.5) is 5.69 Å². The Balaban J connectivity index is 2.77. The predicted octanol–water partition coefficient (Wildman–Crippen LogP) is 3.16. The normalized spacial score (nSPS) is 11.0. The van der Waals surface area contributed by atoms with Crippen LogP contribution in [0.15, 0.2) is 18.2 Å². The first-order valence-corrected chi connectivity index (χ1v) is 6.44. The van der Waals surface area contributed by atoms with Gasteiger partial charge >= 0.3 is 5.97 Å². The summed E-state index contributed by atoms with van der Waals surface area (Å²) in [5, 5.41) is 11.7. The summed E-state index contributed by atoms with van der Waals surface area (Å²) in [7, 11) is 1.44. The zero-order valence-electron chi connectivity index (χ0n) is 12.3. The Morgan fingerprint density at radius 3 is 2.45 bits per heavy atom. The first kappa shape index (κ1) is 16.0. The van der Waals surface area contributed by atoms with E-state index in [9.17, 15) is 9.59 Å². The summed E-state index contributed by atoms with van der Waals surface area (Å²) in [5.41, 5.74) is 0.695. The zero-order chi connectivity index (χ0) is 15.3. The number of aromatic carboxylic acids is 1. The lowest BCUT2D eigenvalue weighted by Gasteiger charge is -2.17. The largest absolute Gasteiger partial charge is 0.495 e. The van der Waals surface area contributed by atoms with E-state index in [1.807, 2.05) is 0 Å². The number of rotatable bonds is 5. The van der Waals surface area contributed by atoms with Crippen molar-refractivity contribution >= 4 is 17.6 Å². The Bertz CT molecular complexity index is 503. The molecular formula is C15H21NO4. The highest BCUT2D eigenvalue weighted by Gasteiger charge is 2.15. The second-order valence-electron chi connectivity index (χ2n) is 5.83. The van der Waals surface area contributed by atoms with Crippen molar-refractivity contribution in [1.29, 1.82) is 0 Å². The molecule has 0 bridgehead atoms. The Labute approximate surface area is 118 Å². The SMILES string of the molecule is COc1cc(C(=O)O)ccc1NC(=O)CCC(C)(C)C. The molecular weight excluding hydrogens is 258 g/mol. The number of ether oxygens (including phenoxy) is 1. The number of carbonyl (C=O) groups is 2. The lowest BCUT2D eigenvalue weighted by molar-refractivity contribution is -0.116. The first-order valence-electron chi connectivity index (χ1n) is 6.44. The topological polar surface area (TPSA) is 75.6 Å². The van der Waals surface area contributed by atoms with Crippen LogP contribution in [0, 0.1) is 5.41 Å². The average Bonchev–Trinajstić information content (AvgIpc) is 2.35. The summed E-state index contributed by atoms with van der Waals surface area (Å²) in [4.78, 5) is 22.7. The number of hydrogen-bond acceptors (Lipinski definition) is 3. The maximum atomic E-state index is 11.9. The summed E-state index contributed by atoms with van der Waals surface area (Å²) in [6.45, 7) is 6.22. The molecule has 5 heteroatoms. The van der Waals surface area contributed by atoms with E-state index in [2.05, 4.69) is 26.1 Å². The van der Waals surface area contributed by atoms with E-state index in [4.69, 9.17) is 9.84 Å². The molecule has 1 aromatic rings. The number of anilines is 1. The molecule has 5 nitrogen and oxygen atoms in total. The van der Waals surface area contributed by atoms with Gasteiger partial charge in [-0.3, -0.25) is 4.79 Å². The van der Waals surface area contributed by atoms with Gasteiger partial charge in [0.05, 0.1) is 18.4 Å². The van der Waals surface area contributed by atoms with Gasteiger partial charge in [-0.05, 0) is 30.0 Å². The molecule has 0 aliphatic heterocycles. The summed E-state index contributed by atoms with van der Waals surface area (Å²) in [5.74, 6) is -0.802. The summed E-state index contributed by atoms with van der Waals surface area (Å²) in [6, 6.07) is 4.36. The van der Waals surface area contributed by atoms with Crippen molar-refractivity contribution in [2.75, 3.05) is 12.4 Å². The fraction of sp³-hybridized carbons (Fsp3) is 0.467. The van der Waals surface area contributed by atoms with Gasteiger partial charge in [0.2, 0.25) is 5.91 Å². The number of carbonyl (C=O) groups excluding carboxylic acids is 1. The molecule has 0 unspecified atom stereocenters. The van der Waals surface area contributed by atoms with Crippen molar-refractivity contribution in [2.24, 2.45) is 5.41 Å². The minimum atomic E-state index is -1.03. The van der Waals surface area contributed by atoms with Gasteiger partial charge in [0.1, 0.15) is 5.75 Å². The highest BCUT2D eigenvalue weighted by molar-refractivity contribution is 5.94. The van der Waals surface area contributed by atoms with E-state index in [1.54, 1.807) is 0 Å². The number of carboxylic acids is 1. The van der Waals surface area contributed by atoms with Gasteiger partial charge < -0.3 is 15.2 Å². The lowest BCUT2D eigenvalue weighted by Crippen LogP contribution is -2.16. The smallest absolute Gasteiger partial charge is 0.335 e. The molecule has 1 rings (SSSR count). The van der Waals surface area contributed by atoms with Gasteiger partial charge in [0.25, 0.3) is 0 Å². The second kappa shape index (κ2) is 6.41. The number of carboxylic acid groups (broad SMARTS) is 1. The highest BCUT2D eigenvalue weighted by Crippen LogP contribution is 2.27. The minimum Gasteiger partial charge on any atom is -0.495 e. The minimum absolute atomic E-state index is 0.0919. The number of methoxy groups -OCH3 is 1. The van der Waals surface area contributed by atoms with Crippen molar-refractivity contribution in [2.45, 2.75) is 33.6 Å². The Hall–Kier alpha value is -2.04. The Morgan fingerprint density at radius 2 is 1.95 bits per heavy atom. The van der Waals surface area contributed by atoms with Crippen LogP contribution in [-0.2, 0) is 4.79 Å². The van der Waals surface area contributed by atoms with Gasteiger partial charge in [-0.25, -0.2) is 4.79 Å². The summed E-state index contributed by atoms with van der Waals surface area (Å²) < 4.78 is 5.10. The fourth-order valence-electron chi connectivity index (χ4n) is 1.63. The third kappa shape index (κ3) is 4.91. The summed E-state index contributed by atoms with van der Waals surface area (Å²) >= 11 is 0. The number of benzene rings is 1. The molecule has 110 valence electrons. The monoisotopic (exact) mass is 279 g/mol. The highest BCUT2D eigenvalue weighted by atomic mass is 16.5. The summed E-state index contributed by atoms with van der Waals surface area (Å²) in [6.07, 6.45) is 1.18. The van der Waals surface area contributed by atoms with Gasteiger partial charge in [-0.2, -0.15) is 0 Å². The molecule has 0 spiro atoms. The molecule has 0 heterocycles. The van der Waals surface area contributed by atoms with Crippen LogP contribution < -0.4 is 10.1 Å². The molecule has 20 heavy (non-hydrogen) atoms. The zero-order valence-corrected chi connectivity index (χ0v) is 12.3. The number of nitrogens with one attached hydrogen (secondary N) is 1. The van der Waals surface area contributed by atoms with E-state index in [1.165, 1.54) is 25.3 Å². The molecule has 0 aromatic heterocycles. The Morgan fingerprint density at radius 1 is 1.30 bits per heavy atom. The van der Waals surface area contributed by atoms with Crippen LogP contribution in [0.2, 0.25) is 0 Å². The van der Waals surface area contributed by atoms with E-state index >= 15 is 0 Å². The van der Waals surface area contributed by atoms with Crippen LogP contribution >= 0.6 is 0 Å². The Kier molecular flexibility index (Phi) is 5.13. The van der Waals surface area contributed by atoms with Crippen LogP contribution in [0.5, 0.6) is 5.75 Å². The first-order chi connectivity index (χ1) is 9.23. The van der Waals surface area contributed by atoms with Crippen LogP contribution in [0.3, 0.4) is 0 Å². The van der Waals surface area contributed by atoms with Gasteiger partial charge in [-0.15, -0.1) is 0 Å². The molecule has 0 saturated heterocycles. The lowest BCUT2D eigenvalue weighted by atomic mass is 9.90. The maximum Gasteiger partial charge on any atom is 0.335 e. The second-order valence-corrected chi connectivity index (χ2v) is 5.83. The number of hydrogen-bond donors (Lipinski definition) is 2. The molecule has 0 aliphatic carbocycles. The molecule has 0 saturated carbocycles. The van der Waals surface area contributed by atoms with E-state index in [0.29, 0.717) is 17.9 Å². The van der Waals surface area contributed by atoms with Crippen LogP contribution in [-0.4, -0.2) is 24.1 Å². The predicted molar refractivity (Wildman–Crippen MR) is 77.3 cm³/mol. The molecule has 0 aliphatic rings. The van der Waals surface area contributed by atoms with Crippen molar-refractivity contribution in [3.63, 3.8) is 0 Å². The van der Waals surface area contributed by atoms with E-state index in [-0.39, 0.29) is 16.9 Å². The number of amides is 1. The van der Waals surface area contributed by atoms with Gasteiger partial charge in [0, 0.05) is 6.42 Å². The van der Waals surface area contributed by atoms with E-state index in [0.717, 1.165) is 6.42 Å². The third-order valence-corrected chi connectivity index (χ3v) is 2.82. The molecule has 0 atom stereocenters. The maximum absolute atomic E-state index is 11.9. The quantitative estimate of drug-likeness (QED) is 0.868. The molecule has 1 amide bonds. The van der Waals surface area contributed by atoms with E-state index < -0.39 is 5.97 Å².